The third-order valence-corrected chi connectivity index (χ3v) is 5.69. The fourth-order valence-corrected chi connectivity index (χ4v) is 4.00. The Hall–Kier alpha value is -2.91. The number of benzene rings is 2. The summed E-state index contributed by atoms with van der Waals surface area (Å²) in [6.45, 7) is 1.57. The van der Waals surface area contributed by atoms with Crippen LogP contribution in [0.15, 0.2) is 53.6 Å². The molecule has 0 bridgehead atoms. The summed E-state index contributed by atoms with van der Waals surface area (Å²) in [5.74, 6) is -0.910. The number of halogens is 2. The molecule has 146 valence electrons. The number of methoxy groups -OCH3 is 1. The topological polar surface area (TPSA) is 90.3 Å². The fourth-order valence-electron chi connectivity index (χ4n) is 2.52. The van der Waals surface area contributed by atoms with E-state index in [4.69, 9.17) is 16.3 Å². The molecule has 7 nitrogen and oxygen atoms in total. The molecule has 0 atom stereocenters. The molecule has 3 rings (SSSR count). The molecule has 1 N–H and O–H groups in total. The second-order valence-corrected chi connectivity index (χ2v) is 7.78. The van der Waals surface area contributed by atoms with E-state index in [0.29, 0.717) is 5.82 Å². The molecule has 0 aliphatic heterocycles. The van der Waals surface area contributed by atoms with E-state index in [1.165, 1.54) is 54.3 Å². The number of nitrogens with one attached hydrogen (secondary N) is 1. The summed E-state index contributed by atoms with van der Waals surface area (Å²) in [5.41, 5.74) is -0.00593. The quantitative estimate of drug-likeness (QED) is 0.681. The van der Waals surface area contributed by atoms with Crippen LogP contribution in [0.25, 0.3) is 5.69 Å². The van der Waals surface area contributed by atoms with Crippen LogP contribution in [-0.2, 0) is 10.0 Å². The van der Waals surface area contributed by atoms with Crippen molar-refractivity contribution in [2.45, 2.75) is 11.8 Å². The number of hydrogen-bond donors (Lipinski definition) is 1. The third-order valence-electron chi connectivity index (χ3n) is 3.88. The fraction of sp³-hybridized carbons (Fsp3) is 0.111. The molecule has 0 fully saturated rings. The molecular weight excluding hydrogens is 409 g/mol. The standard InChI is InChI=1S/C18H15ClFN3O4S/c1-11-21-15(10-23(11)16-6-4-3-5-14(16)20)18(24)22-28(25,26)17-9-12(27-2)7-8-13(17)19/h3-10H,1-2H3,(H,22,24). The van der Waals surface area contributed by atoms with Crippen molar-refractivity contribution in [3.8, 4) is 11.4 Å². The molecule has 3 aromatic rings. The monoisotopic (exact) mass is 423 g/mol. The number of carbonyl (C=O) groups excluding carboxylic acids is 1. The maximum Gasteiger partial charge on any atom is 0.285 e. The molecule has 1 heterocycles. The molecule has 0 aliphatic rings. The number of hydrogen-bond acceptors (Lipinski definition) is 5. The number of para-hydroxylation sites is 1. The Morgan fingerprint density at radius 1 is 1.25 bits per heavy atom. The van der Waals surface area contributed by atoms with E-state index >= 15 is 0 Å². The first-order valence-electron chi connectivity index (χ1n) is 7.94. The summed E-state index contributed by atoms with van der Waals surface area (Å²) in [5, 5.41) is -0.0748. The predicted molar refractivity (Wildman–Crippen MR) is 101 cm³/mol. The smallest absolute Gasteiger partial charge is 0.285 e. The van der Waals surface area contributed by atoms with Gasteiger partial charge in [-0.15, -0.1) is 0 Å². The minimum atomic E-state index is -4.28. The van der Waals surface area contributed by atoms with Gasteiger partial charge in [-0.2, -0.15) is 0 Å². The van der Waals surface area contributed by atoms with Gasteiger partial charge in [0.1, 0.15) is 28.0 Å². The SMILES string of the molecule is COc1ccc(Cl)c(S(=O)(=O)NC(=O)c2cn(-c3ccccc3F)c(C)n2)c1. The van der Waals surface area contributed by atoms with Crippen LogP contribution in [0.2, 0.25) is 5.02 Å². The molecule has 0 saturated carbocycles. The van der Waals surface area contributed by atoms with Gasteiger partial charge >= 0.3 is 0 Å². The van der Waals surface area contributed by atoms with Crippen LogP contribution < -0.4 is 9.46 Å². The number of amides is 1. The molecule has 0 aliphatic carbocycles. The van der Waals surface area contributed by atoms with Crippen LogP contribution in [-0.4, -0.2) is 31.0 Å². The van der Waals surface area contributed by atoms with Crippen molar-refractivity contribution in [1.82, 2.24) is 14.3 Å². The van der Waals surface area contributed by atoms with E-state index in [1.54, 1.807) is 13.0 Å². The van der Waals surface area contributed by atoms with Gasteiger partial charge in [0.05, 0.1) is 17.8 Å². The number of aryl methyl sites for hydroxylation is 1. The lowest BCUT2D eigenvalue weighted by Gasteiger charge is -2.09. The van der Waals surface area contributed by atoms with E-state index in [9.17, 15) is 17.6 Å². The number of sulfonamides is 1. The van der Waals surface area contributed by atoms with E-state index in [2.05, 4.69) is 4.98 Å². The Kier molecular flexibility index (Phi) is 5.39. The lowest BCUT2D eigenvalue weighted by molar-refractivity contribution is 0.0977. The maximum atomic E-state index is 14.0. The Bertz CT molecular complexity index is 1160. The zero-order valence-electron chi connectivity index (χ0n) is 14.8. The normalized spacial score (nSPS) is 11.3. The highest BCUT2D eigenvalue weighted by Crippen LogP contribution is 2.26. The molecule has 1 amide bonds. The van der Waals surface area contributed by atoms with Gasteiger partial charge in [-0.05, 0) is 31.2 Å². The first kappa shape index (κ1) is 19.8. The summed E-state index contributed by atoms with van der Waals surface area (Å²) < 4.78 is 47.4. The van der Waals surface area contributed by atoms with Gasteiger partial charge in [0.15, 0.2) is 0 Å². The summed E-state index contributed by atoms with van der Waals surface area (Å²) >= 11 is 5.95. The summed E-state index contributed by atoms with van der Waals surface area (Å²) in [7, 11) is -2.91. The molecule has 1 aromatic heterocycles. The second-order valence-electron chi connectivity index (χ2n) is 5.73. The summed E-state index contributed by atoms with van der Waals surface area (Å²) in [6.07, 6.45) is 1.26. The van der Waals surface area contributed by atoms with Gasteiger partial charge in [-0.3, -0.25) is 4.79 Å². The van der Waals surface area contributed by atoms with Crippen molar-refractivity contribution in [2.75, 3.05) is 7.11 Å². The van der Waals surface area contributed by atoms with Crippen molar-refractivity contribution >= 4 is 27.5 Å². The van der Waals surface area contributed by atoms with Crippen LogP contribution in [0.1, 0.15) is 16.3 Å². The lowest BCUT2D eigenvalue weighted by Crippen LogP contribution is -2.31. The van der Waals surface area contributed by atoms with E-state index < -0.39 is 21.7 Å². The zero-order chi connectivity index (χ0) is 20.5. The number of imidazole rings is 1. The van der Waals surface area contributed by atoms with Crippen molar-refractivity contribution < 1.29 is 22.3 Å². The molecule has 28 heavy (non-hydrogen) atoms. The number of aromatic nitrogens is 2. The highest BCUT2D eigenvalue weighted by molar-refractivity contribution is 7.90. The molecule has 0 saturated heterocycles. The predicted octanol–water partition coefficient (Wildman–Crippen LogP) is 3.10. The van der Waals surface area contributed by atoms with Crippen molar-refractivity contribution in [2.24, 2.45) is 0 Å². The Balaban J connectivity index is 1.92. The van der Waals surface area contributed by atoms with Crippen LogP contribution >= 0.6 is 11.6 Å². The lowest BCUT2D eigenvalue weighted by atomic mass is 10.3. The van der Waals surface area contributed by atoms with Gasteiger partial charge in [0.25, 0.3) is 15.9 Å². The van der Waals surface area contributed by atoms with Crippen molar-refractivity contribution in [3.63, 3.8) is 0 Å². The van der Waals surface area contributed by atoms with Gasteiger partial charge in [-0.25, -0.2) is 22.5 Å². The number of carbonyl (C=O) groups is 1. The summed E-state index contributed by atoms with van der Waals surface area (Å²) in [4.78, 5) is 16.2. The summed E-state index contributed by atoms with van der Waals surface area (Å²) in [6, 6.07) is 9.97. The van der Waals surface area contributed by atoms with Crippen molar-refractivity contribution in [1.29, 1.82) is 0 Å². The number of nitrogens with zero attached hydrogens (tertiary/aromatic N) is 2. The molecule has 0 radical (unpaired) electrons. The Morgan fingerprint density at radius 3 is 2.64 bits per heavy atom. The minimum Gasteiger partial charge on any atom is -0.497 e. The van der Waals surface area contributed by atoms with Gasteiger partial charge < -0.3 is 9.30 Å². The highest BCUT2D eigenvalue weighted by Gasteiger charge is 2.24. The molecule has 0 spiro atoms. The largest absolute Gasteiger partial charge is 0.497 e. The molecule has 0 unspecified atom stereocenters. The minimum absolute atomic E-state index is 0.0748. The van der Waals surface area contributed by atoms with Gasteiger partial charge in [0.2, 0.25) is 0 Å². The Morgan fingerprint density at radius 2 is 1.96 bits per heavy atom. The third kappa shape index (κ3) is 3.85. The zero-order valence-corrected chi connectivity index (χ0v) is 16.4. The Labute approximate surface area is 165 Å². The average molecular weight is 424 g/mol. The van der Waals surface area contributed by atoms with Crippen molar-refractivity contribution in [3.05, 3.63) is 71.0 Å². The molecule has 10 heteroatoms. The van der Waals surface area contributed by atoms with Crippen LogP contribution in [0, 0.1) is 12.7 Å². The number of ether oxygens (including phenoxy) is 1. The average Bonchev–Trinajstić information content (AvgIpc) is 3.04. The van der Waals surface area contributed by atoms with Crippen LogP contribution in [0.3, 0.4) is 0 Å². The van der Waals surface area contributed by atoms with E-state index in [0.717, 1.165) is 0 Å². The highest BCUT2D eigenvalue weighted by atomic mass is 35.5. The number of rotatable bonds is 5. The van der Waals surface area contributed by atoms with Gasteiger partial charge in [0, 0.05) is 12.3 Å². The van der Waals surface area contributed by atoms with Gasteiger partial charge in [-0.1, -0.05) is 23.7 Å². The maximum absolute atomic E-state index is 14.0. The first-order valence-corrected chi connectivity index (χ1v) is 9.80. The molecular formula is C18H15ClFN3O4S. The molecule has 2 aromatic carbocycles. The van der Waals surface area contributed by atoms with E-state index in [-0.39, 0.29) is 27.0 Å². The van der Waals surface area contributed by atoms with E-state index in [1.807, 2.05) is 4.72 Å². The van der Waals surface area contributed by atoms with Crippen LogP contribution in [0.4, 0.5) is 4.39 Å². The first-order chi connectivity index (χ1) is 13.2. The second kappa shape index (κ2) is 7.61. The van der Waals surface area contributed by atoms with Crippen LogP contribution in [0.5, 0.6) is 5.75 Å².